The molecule has 6 nitrogen and oxygen atoms in total. The first-order chi connectivity index (χ1) is 14.3. The SMILES string of the molecule is CCOc1ccccc1CN1CCN(Cc2nc3ccccc3[nH]2)CC1CCO. The summed E-state index contributed by atoms with van der Waals surface area (Å²) >= 11 is 0. The molecule has 1 saturated heterocycles. The summed E-state index contributed by atoms with van der Waals surface area (Å²) in [7, 11) is 0. The van der Waals surface area contributed by atoms with Crippen molar-refractivity contribution in [1.29, 1.82) is 0 Å². The number of H-pyrrole nitrogens is 1. The molecule has 1 unspecified atom stereocenters. The number of imidazole rings is 1. The van der Waals surface area contributed by atoms with Crippen molar-refractivity contribution in [2.75, 3.05) is 32.8 Å². The number of aromatic amines is 1. The van der Waals surface area contributed by atoms with Gasteiger partial charge >= 0.3 is 0 Å². The zero-order chi connectivity index (χ0) is 20.1. The first-order valence-corrected chi connectivity index (χ1v) is 10.5. The molecule has 2 aromatic carbocycles. The lowest BCUT2D eigenvalue weighted by Crippen LogP contribution is -2.52. The number of ether oxygens (including phenoxy) is 1. The normalized spacial score (nSPS) is 18.3. The maximum atomic E-state index is 9.62. The lowest BCUT2D eigenvalue weighted by atomic mass is 10.1. The van der Waals surface area contributed by atoms with Crippen LogP contribution >= 0.6 is 0 Å². The molecule has 1 aromatic heterocycles. The maximum absolute atomic E-state index is 9.62. The van der Waals surface area contributed by atoms with Crippen molar-refractivity contribution in [3.8, 4) is 5.75 Å². The van der Waals surface area contributed by atoms with Gasteiger partial charge in [-0.25, -0.2) is 4.98 Å². The van der Waals surface area contributed by atoms with Gasteiger partial charge in [0.1, 0.15) is 11.6 Å². The van der Waals surface area contributed by atoms with Gasteiger partial charge < -0.3 is 14.8 Å². The van der Waals surface area contributed by atoms with Crippen LogP contribution < -0.4 is 4.74 Å². The largest absolute Gasteiger partial charge is 0.494 e. The molecule has 0 bridgehead atoms. The Balaban J connectivity index is 1.43. The Morgan fingerprint density at radius 3 is 2.76 bits per heavy atom. The number of nitrogens with zero attached hydrogens (tertiary/aromatic N) is 3. The standard InChI is InChI=1S/C23H30N4O2/c1-2-29-22-10-6-3-7-18(22)15-27-13-12-26(16-19(27)11-14-28)17-23-24-20-8-4-5-9-21(20)25-23/h3-10,19,28H,2,11-17H2,1H3,(H,24,25). The van der Waals surface area contributed by atoms with Crippen LogP contribution in [0.1, 0.15) is 24.7 Å². The number of benzene rings is 2. The number of fused-ring (bicyclic) bond motifs is 1. The van der Waals surface area contributed by atoms with E-state index in [4.69, 9.17) is 9.72 Å². The van der Waals surface area contributed by atoms with Crippen LogP contribution in [0.2, 0.25) is 0 Å². The minimum Gasteiger partial charge on any atom is -0.494 e. The van der Waals surface area contributed by atoms with Crippen LogP contribution in [0.15, 0.2) is 48.5 Å². The highest BCUT2D eigenvalue weighted by atomic mass is 16.5. The average molecular weight is 395 g/mol. The zero-order valence-corrected chi connectivity index (χ0v) is 17.1. The van der Waals surface area contributed by atoms with Crippen molar-refractivity contribution >= 4 is 11.0 Å². The van der Waals surface area contributed by atoms with Gasteiger partial charge in [-0.15, -0.1) is 0 Å². The molecule has 1 fully saturated rings. The van der Waals surface area contributed by atoms with Crippen LogP contribution in [0.5, 0.6) is 5.75 Å². The van der Waals surface area contributed by atoms with Crippen LogP contribution in [-0.4, -0.2) is 63.8 Å². The van der Waals surface area contributed by atoms with Crippen LogP contribution in [0.25, 0.3) is 11.0 Å². The molecule has 6 heteroatoms. The highest BCUT2D eigenvalue weighted by molar-refractivity contribution is 5.74. The lowest BCUT2D eigenvalue weighted by Gasteiger charge is -2.41. The summed E-state index contributed by atoms with van der Waals surface area (Å²) < 4.78 is 5.80. The summed E-state index contributed by atoms with van der Waals surface area (Å²) in [5.74, 6) is 1.96. The van der Waals surface area contributed by atoms with Gasteiger partial charge in [-0.1, -0.05) is 30.3 Å². The summed E-state index contributed by atoms with van der Waals surface area (Å²) in [5, 5.41) is 9.62. The number of nitrogens with one attached hydrogen (secondary N) is 1. The van der Waals surface area contributed by atoms with E-state index >= 15 is 0 Å². The van der Waals surface area contributed by atoms with Gasteiger partial charge in [0.25, 0.3) is 0 Å². The maximum Gasteiger partial charge on any atom is 0.123 e. The molecule has 2 N–H and O–H groups in total. The summed E-state index contributed by atoms with van der Waals surface area (Å²) in [6, 6.07) is 16.7. The summed E-state index contributed by atoms with van der Waals surface area (Å²) in [4.78, 5) is 13.1. The molecule has 4 rings (SSSR count). The predicted octanol–water partition coefficient (Wildman–Crippen LogP) is 3.03. The number of aromatic nitrogens is 2. The van der Waals surface area contributed by atoms with Crippen LogP contribution in [0.3, 0.4) is 0 Å². The van der Waals surface area contributed by atoms with Gasteiger partial charge in [0.2, 0.25) is 0 Å². The Morgan fingerprint density at radius 1 is 1.10 bits per heavy atom. The number of para-hydroxylation sites is 3. The van der Waals surface area contributed by atoms with Gasteiger partial charge in [-0.05, 0) is 31.5 Å². The van der Waals surface area contributed by atoms with Crippen molar-refractivity contribution in [2.24, 2.45) is 0 Å². The van der Waals surface area contributed by atoms with E-state index in [1.165, 1.54) is 5.56 Å². The van der Waals surface area contributed by atoms with Crippen molar-refractivity contribution in [3.63, 3.8) is 0 Å². The van der Waals surface area contributed by atoms with Crippen LogP contribution in [0, 0.1) is 0 Å². The number of aliphatic hydroxyl groups is 1. The number of rotatable bonds is 8. The Hall–Kier alpha value is -2.41. The van der Waals surface area contributed by atoms with E-state index in [0.717, 1.165) is 61.8 Å². The first-order valence-electron chi connectivity index (χ1n) is 10.5. The molecule has 3 aromatic rings. The second-order valence-electron chi connectivity index (χ2n) is 7.61. The minimum absolute atomic E-state index is 0.201. The molecule has 0 radical (unpaired) electrons. The van der Waals surface area contributed by atoms with E-state index in [1.54, 1.807) is 0 Å². The van der Waals surface area contributed by atoms with Crippen LogP contribution in [0.4, 0.5) is 0 Å². The third-order valence-electron chi connectivity index (χ3n) is 5.61. The minimum atomic E-state index is 0.201. The number of hydrogen-bond donors (Lipinski definition) is 2. The van der Waals surface area contributed by atoms with Gasteiger partial charge in [0.05, 0.1) is 24.2 Å². The quantitative estimate of drug-likeness (QED) is 0.615. The third-order valence-corrected chi connectivity index (χ3v) is 5.61. The smallest absolute Gasteiger partial charge is 0.123 e. The van der Waals surface area contributed by atoms with Crippen molar-refractivity contribution < 1.29 is 9.84 Å². The fraction of sp³-hybridized carbons (Fsp3) is 0.435. The molecular weight excluding hydrogens is 364 g/mol. The van der Waals surface area contributed by atoms with E-state index in [1.807, 2.05) is 37.3 Å². The third kappa shape index (κ3) is 4.78. The molecule has 2 heterocycles. The zero-order valence-electron chi connectivity index (χ0n) is 17.1. The van der Waals surface area contributed by atoms with E-state index in [-0.39, 0.29) is 6.61 Å². The number of aliphatic hydroxyl groups excluding tert-OH is 1. The lowest BCUT2D eigenvalue weighted by molar-refractivity contribution is 0.0483. The van der Waals surface area contributed by atoms with Gasteiger partial charge in [0.15, 0.2) is 0 Å². The highest BCUT2D eigenvalue weighted by Gasteiger charge is 2.27. The Kier molecular flexibility index (Phi) is 6.44. The first kappa shape index (κ1) is 19.9. The molecular formula is C23H30N4O2. The topological polar surface area (TPSA) is 64.6 Å². The molecule has 0 saturated carbocycles. The molecule has 0 aliphatic carbocycles. The average Bonchev–Trinajstić information content (AvgIpc) is 3.14. The monoisotopic (exact) mass is 394 g/mol. The summed E-state index contributed by atoms with van der Waals surface area (Å²) in [6.07, 6.45) is 0.771. The van der Waals surface area contributed by atoms with Crippen LogP contribution in [-0.2, 0) is 13.1 Å². The molecule has 1 aliphatic rings. The number of piperazine rings is 1. The molecule has 1 atom stereocenters. The Labute approximate surface area is 172 Å². The fourth-order valence-corrected chi connectivity index (χ4v) is 4.17. The number of hydrogen-bond acceptors (Lipinski definition) is 5. The van der Waals surface area contributed by atoms with Crippen molar-refractivity contribution in [3.05, 3.63) is 59.9 Å². The van der Waals surface area contributed by atoms with E-state index in [9.17, 15) is 5.11 Å². The van der Waals surface area contributed by atoms with Crippen molar-refractivity contribution in [1.82, 2.24) is 19.8 Å². The van der Waals surface area contributed by atoms with Gasteiger partial charge in [0, 0.05) is 44.4 Å². The molecule has 154 valence electrons. The fourth-order valence-electron chi connectivity index (χ4n) is 4.17. The highest BCUT2D eigenvalue weighted by Crippen LogP contribution is 2.24. The second kappa shape index (κ2) is 9.39. The van der Waals surface area contributed by atoms with E-state index in [0.29, 0.717) is 12.6 Å². The molecule has 0 amide bonds. The predicted molar refractivity (Wildman–Crippen MR) is 115 cm³/mol. The van der Waals surface area contributed by atoms with Gasteiger partial charge in [-0.3, -0.25) is 9.80 Å². The molecule has 0 spiro atoms. The van der Waals surface area contributed by atoms with Crippen molar-refractivity contribution in [2.45, 2.75) is 32.5 Å². The summed E-state index contributed by atoms with van der Waals surface area (Å²) in [6.45, 7) is 7.41. The Morgan fingerprint density at radius 2 is 1.93 bits per heavy atom. The molecule has 29 heavy (non-hydrogen) atoms. The van der Waals surface area contributed by atoms with Gasteiger partial charge in [-0.2, -0.15) is 0 Å². The molecule has 1 aliphatic heterocycles. The van der Waals surface area contributed by atoms with E-state index < -0.39 is 0 Å². The van der Waals surface area contributed by atoms with E-state index in [2.05, 4.69) is 33.0 Å². The second-order valence-corrected chi connectivity index (χ2v) is 7.61. The summed E-state index contributed by atoms with van der Waals surface area (Å²) in [5.41, 5.74) is 3.31. The Bertz CT molecular complexity index is 893.